The van der Waals surface area contributed by atoms with Gasteiger partial charge < -0.3 is 9.47 Å². The average Bonchev–Trinajstić information content (AvgIpc) is 3.76. The topological polar surface area (TPSA) is 32.9 Å². The molecule has 2 unspecified atom stereocenters. The van der Waals surface area contributed by atoms with Crippen molar-refractivity contribution in [1.82, 2.24) is 4.57 Å². The van der Waals surface area contributed by atoms with Gasteiger partial charge in [-0.15, -0.1) is 0 Å². The summed E-state index contributed by atoms with van der Waals surface area (Å²) in [6, 6.07) is 72.4. The molecule has 8 aromatic carbocycles. The lowest BCUT2D eigenvalue weighted by Gasteiger charge is -2.40. The highest BCUT2D eigenvalue weighted by molar-refractivity contribution is 6.16. The Balaban J connectivity index is 1.07. The Morgan fingerprint density at radius 2 is 1.18 bits per heavy atom. The Labute approximate surface area is 386 Å². The molecule has 0 fully saturated rings. The monoisotopic (exact) mass is 848 g/mol. The molecule has 4 heteroatoms. The number of hydrogen-bond donors (Lipinski definition) is 0. The first-order valence-corrected chi connectivity index (χ1v) is 23.1. The molecular formula is C62H48N4. The summed E-state index contributed by atoms with van der Waals surface area (Å²) in [4.78, 5) is 13.8. The summed E-state index contributed by atoms with van der Waals surface area (Å²) in [5.74, 6) is 0.923. The minimum Gasteiger partial charge on any atom is -0.330 e. The van der Waals surface area contributed by atoms with Gasteiger partial charge in [0.25, 0.3) is 0 Å². The van der Waals surface area contributed by atoms with Crippen molar-refractivity contribution in [3.63, 3.8) is 0 Å². The van der Waals surface area contributed by atoms with E-state index < -0.39 is 0 Å². The van der Waals surface area contributed by atoms with Gasteiger partial charge in [0, 0.05) is 56.9 Å². The molecule has 3 aliphatic rings. The lowest BCUT2D eigenvalue weighted by Crippen LogP contribution is -2.42. The van der Waals surface area contributed by atoms with Gasteiger partial charge in [0.2, 0.25) is 0 Å². The zero-order chi connectivity index (χ0) is 44.2. The summed E-state index contributed by atoms with van der Waals surface area (Å²) >= 11 is 0. The van der Waals surface area contributed by atoms with Crippen molar-refractivity contribution >= 4 is 50.4 Å². The van der Waals surface area contributed by atoms with Crippen molar-refractivity contribution in [2.24, 2.45) is 9.98 Å². The number of aliphatic imine (C=N–C) groups is 2. The maximum Gasteiger partial charge on any atom is 0.160 e. The molecular weight excluding hydrogens is 801 g/mol. The molecule has 2 atom stereocenters. The molecule has 0 saturated heterocycles. The van der Waals surface area contributed by atoms with E-state index in [9.17, 15) is 0 Å². The Morgan fingerprint density at radius 1 is 0.530 bits per heavy atom. The SMILES string of the molecule is CCC1=C(c2ccc(N3c4ccccc4C4C=CC=CC43C)c(-c3cccc(-c4ccccc4)c3)c2)N=C(c2cccc(-n3c4ccccc4c4ccccc43)c2)N=C(c2ccccc2)C1. The summed E-state index contributed by atoms with van der Waals surface area (Å²) < 4.78 is 2.37. The van der Waals surface area contributed by atoms with E-state index in [1.54, 1.807) is 0 Å². The summed E-state index contributed by atoms with van der Waals surface area (Å²) in [7, 11) is 0. The standard InChI is InChI=1S/C62H48N4/c1-3-42-41-55(44-22-8-5-9-23-44)63-61(48-26-19-27-49(39-48)65-56-32-13-10-28-50(56)51-29-11-14-33-57(51)65)64-60(42)47-35-36-59(53(40-47)46-25-18-24-45(38-46)43-20-6-4-7-21-43)66-58-34-15-12-30-52(58)54-31-16-17-37-62(54,66)2/h4-40,54H,3,41H2,1-2H3. The van der Waals surface area contributed by atoms with Gasteiger partial charge in [-0.2, -0.15) is 0 Å². The maximum absolute atomic E-state index is 5.70. The lowest BCUT2D eigenvalue weighted by molar-refractivity contribution is 0.542. The predicted molar refractivity (Wildman–Crippen MR) is 277 cm³/mol. The van der Waals surface area contributed by atoms with Crippen LogP contribution in [0.25, 0.3) is 55.4 Å². The van der Waals surface area contributed by atoms with Crippen molar-refractivity contribution < 1.29 is 0 Å². The number of aromatic nitrogens is 1. The Bertz CT molecular complexity index is 3460. The molecule has 4 nitrogen and oxygen atoms in total. The third kappa shape index (κ3) is 6.60. The van der Waals surface area contributed by atoms with Gasteiger partial charge in [0.15, 0.2) is 5.84 Å². The van der Waals surface area contributed by atoms with Crippen molar-refractivity contribution in [2.75, 3.05) is 4.90 Å². The molecule has 3 heterocycles. The summed E-state index contributed by atoms with van der Waals surface area (Å²) in [6.45, 7) is 4.64. The first kappa shape index (κ1) is 39.5. The molecule has 9 aromatic rings. The van der Waals surface area contributed by atoms with Crippen LogP contribution in [-0.2, 0) is 0 Å². The molecule has 1 aliphatic carbocycles. The molecule has 0 bridgehead atoms. The second-order valence-electron chi connectivity index (χ2n) is 17.8. The lowest BCUT2D eigenvalue weighted by atomic mass is 9.80. The first-order chi connectivity index (χ1) is 32.6. The molecule has 66 heavy (non-hydrogen) atoms. The fourth-order valence-electron chi connectivity index (χ4n) is 10.7. The highest BCUT2D eigenvalue weighted by Crippen LogP contribution is 2.56. The van der Waals surface area contributed by atoms with Crippen LogP contribution < -0.4 is 4.90 Å². The van der Waals surface area contributed by atoms with E-state index in [4.69, 9.17) is 9.98 Å². The molecule has 12 rings (SSSR count). The minimum atomic E-state index is -0.299. The number of amidine groups is 1. The number of benzene rings is 8. The third-order valence-electron chi connectivity index (χ3n) is 13.9. The zero-order valence-corrected chi connectivity index (χ0v) is 37.1. The van der Waals surface area contributed by atoms with Crippen molar-refractivity contribution in [3.05, 3.63) is 252 Å². The second kappa shape index (κ2) is 16.2. The number of allylic oxidation sites excluding steroid dienone is 3. The zero-order valence-electron chi connectivity index (χ0n) is 37.1. The van der Waals surface area contributed by atoms with E-state index in [-0.39, 0.29) is 11.5 Å². The van der Waals surface area contributed by atoms with Crippen LogP contribution in [0.2, 0.25) is 0 Å². The maximum atomic E-state index is 5.70. The van der Waals surface area contributed by atoms with Gasteiger partial charge in [0.05, 0.1) is 28.0 Å². The molecule has 0 amide bonds. The smallest absolute Gasteiger partial charge is 0.160 e. The number of fused-ring (bicyclic) bond motifs is 6. The quantitative estimate of drug-likeness (QED) is 0.150. The average molecular weight is 849 g/mol. The second-order valence-corrected chi connectivity index (χ2v) is 17.8. The predicted octanol–water partition coefficient (Wildman–Crippen LogP) is 15.7. The number of hydrogen-bond acceptors (Lipinski definition) is 3. The Kier molecular flexibility index (Phi) is 9.68. The number of rotatable bonds is 8. The van der Waals surface area contributed by atoms with Gasteiger partial charge in [-0.25, -0.2) is 9.98 Å². The van der Waals surface area contributed by atoms with Crippen molar-refractivity contribution in [3.8, 4) is 27.9 Å². The fourth-order valence-corrected chi connectivity index (χ4v) is 10.7. The van der Waals surface area contributed by atoms with E-state index in [2.05, 4.69) is 248 Å². The minimum absolute atomic E-state index is 0.220. The van der Waals surface area contributed by atoms with E-state index >= 15 is 0 Å². The van der Waals surface area contributed by atoms with E-state index in [1.807, 2.05) is 0 Å². The first-order valence-electron chi connectivity index (χ1n) is 23.1. The van der Waals surface area contributed by atoms with Crippen molar-refractivity contribution in [1.29, 1.82) is 0 Å². The van der Waals surface area contributed by atoms with Crippen LogP contribution in [0.1, 0.15) is 54.9 Å². The highest BCUT2D eigenvalue weighted by atomic mass is 15.2. The third-order valence-corrected chi connectivity index (χ3v) is 13.9. The van der Waals surface area contributed by atoms with Crippen LogP contribution in [0, 0.1) is 0 Å². The van der Waals surface area contributed by atoms with Crippen LogP contribution in [0.4, 0.5) is 11.4 Å². The van der Waals surface area contributed by atoms with Gasteiger partial charge in [-0.3, -0.25) is 0 Å². The van der Waals surface area contributed by atoms with Crippen LogP contribution in [-0.4, -0.2) is 21.7 Å². The molecule has 1 aromatic heterocycles. The van der Waals surface area contributed by atoms with E-state index in [0.29, 0.717) is 12.3 Å². The van der Waals surface area contributed by atoms with Gasteiger partial charge >= 0.3 is 0 Å². The van der Waals surface area contributed by atoms with E-state index in [0.717, 1.165) is 57.0 Å². The van der Waals surface area contributed by atoms with Crippen molar-refractivity contribution in [2.45, 2.75) is 38.1 Å². The number of para-hydroxylation sites is 3. The van der Waals surface area contributed by atoms with Crippen LogP contribution >= 0.6 is 0 Å². The van der Waals surface area contributed by atoms with Crippen LogP contribution in [0.3, 0.4) is 0 Å². The molecule has 316 valence electrons. The largest absolute Gasteiger partial charge is 0.330 e. The Hall–Kier alpha value is -8.08. The summed E-state index contributed by atoms with van der Waals surface area (Å²) in [6.07, 6.45) is 10.7. The Morgan fingerprint density at radius 3 is 1.95 bits per heavy atom. The van der Waals surface area contributed by atoms with E-state index in [1.165, 1.54) is 49.8 Å². The molecule has 2 aliphatic heterocycles. The molecule has 0 N–H and O–H groups in total. The van der Waals surface area contributed by atoms with Gasteiger partial charge in [-0.05, 0) is 95.3 Å². The summed E-state index contributed by atoms with van der Waals surface area (Å²) in [5, 5.41) is 2.47. The molecule has 0 radical (unpaired) electrons. The van der Waals surface area contributed by atoms with Crippen LogP contribution in [0.15, 0.2) is 240 Å². The number of nitrogens with zero attached hydrogens (tertiary/aromatic N) is 4. The summed E-state index contributed by atoms with van der Waals surface area (Å²) in [5.41, 5.74) is 17.9. The van der Waals surface area contributed by atoms with Gasteiger partial charge in [-0.1, -0.05) is 183 Å². The van der Waals surface area contributed by atoms with Gasteiger partial charge in [0.1, 0.15) is 0 Å². The molecule has 0 spiro atoms. The number of anilines is 2. The van der Waals surface area contributed by atoms with Crippen LogP contribution in [0.5, 0.6) is 0 Å². The highest BCUT2D eigenvalue weighted by Gasteiger charge is 2.47. The fraction of sp³-hybridized carbons (Fsp3) is 0.0968. The normalized spacial score (nSPS) is 17.7. The molecule has 0 saturated carbocycles.